The predicted octanol–water partition coefficient (Wildman–Crippen LogP) is 4.07. The van der Waals surface area contributed by atoms with Crippen LogP contribution in [-0.2, 0) is 6.54 Å². The molecular formula is C14H10BrFN2. The van der Waals surface area contributed by atoms with E-state index in [0.29, 0.717) is 16.6 Å². The Morgan fingerprint density at radius 3 is 2.72 bits per heavy atom. The highest BCUT2D eigenvalue weighted by molar-refractivity contribution is 9.10. The third-order valence-electron chi connectivity index (χ3n) is 2.53. The summed E-state index contributed by atoms with van der Waals surface area (Å²) in [7, 11) is 0. The van der Waals surface area contributed by atoms with E-state index in [9.17, 15) is 4.39 Å². The highest BCUT2D eigenvalue weighted by Gasteiger charge is 2.03. The molecule has 18 heavy (non-hydrogen) atoms. The minimum atomic E-state index is -0.275. The molecule has 0 aliphatic rings. The number of benzene rings is 2. The maximum absolute atomic E-state index is 12.9. The van der Waals surface area contributed by atoms with E-state index in [0.717, 1.165) is 11.3 Å². The van der Waals surface area contributed by atoms with Crippen molar-refractivity contribution in [1.82, 2.24) is 0 Å². The Kier molecular flexibility index (Phi) is 3.96. The lowest BCUT2D eigenvalue weighted by atomic mass is 10.1. The smallest absolute Gasteiger partial charge is 0.124 e. The average Bonchev–Trinajstić information content (AvgIpc) is 2.38. The van der Waals surface area contributed by atoms with Gasteiger partial charge in [-0.25, -0.2) is 4.39 Å². The predicted molar refractivity (Wildman–Crippen MR) is 72.6 cm³/mol. The third kappa shape index (κ3) is 2.88. The monoisotopic (exact) mass is 304 g/mol. The van der Waals surface area contributed by atoms with Crippen LogP contribution in [0.4, 0.5) is 10.1 Å². The van der Waals surface area contributed by atoms with E-state index in [2.05, 4.69) is 27.3 Å². The molecule has 1 N–H and O–H groups in total. The summed E-state index contributed by atoms with van der Waals surface area (Å²) in [5.41, 5.74) is 2.30. The van der Waals surface area contributed by atoms with Crippen molar-refractivity contribution in [1.29, 1.82) is 5.26 Å². The van der Waals surface area contributed by atoms with Crippen LogP contribution < -0.4 is 5.32 Å². The summed E-state index contributed by atoms with van der Waals surface area (Å²) < 4.78 is 13.6. The van der Waals surface area contributed by atoms with Crippen molar-refractivity contribution in [2.75, 3.05) is 5.32 Å². The maximum atomic E-state index is 12.9. The minimum Gasteiger partial charge on any atom is -0.380 e. The number of anilines is 1. The summed E-state index contributed by atoms with van der Waals surface area (Å²) in [5.74, 6) is -0.275. The second-order valence-electron chi connectivity index (χ2n) is 3.75. The Bertz CT molecular complexity index is 605. The zero-order valence-electron chi connectivity index (χ0n) is 9.45. The molecule has 0 saturated carbocycles. The first-order chi connectivity index (χ1) is 8.70. The van der Waals surface area contributed by atoms with Gasteiger partial charge in [0.2, 0.25) is 0 Å². The quantitative estimate of drug-likeness (QED) is 0.927. The number of nitriles is 1. The maximum Gasteiger partial charge on any atom is 0.124 e. The van der Waals surface area contributed by atoms with Crippen LogP contribution in [0.2, 0.25) is 0 Å². The Morgan fingerprint density at radius 1 is 1.22 bits per heavy atom. The number of para-hydroxylation sites is 1. The zero-order chi connectivity index (χ0) is 13.0. The summed E-state index contributed by atoms with van der Waals surface area (Å²) >= 11 is 3.31. The SMILES string of the molecule is N#Cc1ccccc1NCc1ccc(F)cc1Br. The summed E-state index contributed by atoms with van der Waals surface area (Å²) in [6.07, 6.45) is 0. The number of hydrogen-bond donors (Lipinski definition) is 1. The van der Waals surface area contributed by atoms with E-state index in [1.165, 1.54) is 12.1 Å². The van der Waals surface area contributed by atoms with Crippen LogP contribution in [0.15, 0.2) is 46.9 Å². The first kappa shape index (κ1) is 12.6. The van der Waals surface area contributed by atoms with E-state index in [1.807, 2.05) is 18.2 Å². The van der Waals surface area contributed by atoms with Crippen LogP contribution >= 0.6 is 15.9 Å². The number of nitrogens with zero attached hydrogens (tertiary/aromatic N) is 1. The first-order valence-electron chi connectivity index (χ1n) is 5.37. The Labute approximate surface area is 113 Å². The van der Waals surface area contributed by atoms with Crippen LogP contribution in [0.1, 0.15) is 11.1 Å². The minimum absolute atomic E-state index is 0.275. The molecule has 90 valence electrons. The molecule has 2 rings (SSSR count). The van der Waals surface area contributed by atoms with Gasteiger partial charge in [-0.2, -0.15) is 5.26 Å². The van der Waals surface area contributed by atoms with Crippen molar-refractivity contribution in [2.45, 2.75) is 6.54 Å². The standard InChI is InChI=1S/C14H10BrFN2/c15-13-7-12(16)6-5-11(13)9-18-14-4-2-1-3-10(14)8-17/h1-7,18H,9H2. The van der Waals surface area contributed by atoms with Crippen LogP contribution in [0.3, 0.4) is 0 Å². The fraction of sp³-hybridized carbons (Fsp3) is 0.0714. The Morgan fingerprint density at radius 2 is 2.00 bits per heavy atom. The lowest BCUT2D eigenvalue weighted by Crippen LogP contribution is -2.02. The van der Waals surface area contributed by atoms with Crippen molar-refractivity contribution >= 4 is 21.6 Å². The molecule has 0 amide bonds. The molecule has 2 aromatic rings. The number of rotatable bonds is 3. The van der Waals surface area contributed by atoms with Gasteiger partial charge in [0.1, 0.15) is 11.9 Å². The Balaban J connectivity index is 2.14. The van der Waals surface area contributed by atoms with Gasteiger partial charge >= 0.3 is 0 Å². The molecule has 0 bridgehead atoms. The summed E-state index contributed by atoms with van der Waals surface area (Å²) in [5, 5.41) is 12.1. The highest BCUT2D eigenvalue weighted by Crippen LogP contribution is 2.20. The zero-order valence-corrected chi connectivity index (χ0v) is 11.0. The van der Waals surface area contributed by atoms with Crippen LogP contribution in [0.5, 0.6) is 0 Å². The van der Waals surface area contributed by atoms with E-state index in [-0.39, 0.29) is 5.82 Å². The molecule has 0 unspecified atom stereocenters. The topological polar surface area (TPSA) is 35.8 Å². The second kappa shape index (κ2) is 5.65. The molecule has 0 heterocycles. The van der Waals surface area contributed by atoms with Crippen LogP contribution in [-0.4, -0.2) is 0 Å². The van der Waals surface area contributed by atoms with E-state index >= 15 is 0 Å². The van der Waals surface area contributed by atoms with E-state index < -0.39 is 0 Å². The fourth-order valence-corrected chi connectivity index (χ4v) is 2.08. The summed E-state index contributed by atoms with van der Waals surface area (Å²) in [6.45, 7) is 0.527. The molecule has 0 fully saturated rings. The number of halogens is 2. The summed E-state index contributed by atoms with van der Waals surface area (Å²) in [6, 6.07) is 13.9. The molecule has 0 atom stereocenters. The van der Waals surface area contributed by atoms with Crippen molar-refractivity contribution in [3.63, 3.8) is 0 Å². The molecule has 0 aliphatic carbocycles. The van der Waals surface area contributed by atoms with Gasteiger partial charge in [-0.1, -0.05) is 34.1 Å². The van der Waals surface area contributed by atoms with E-state index in [1.54, 1.807) is 12.1 Å². The average molecular weight is 305 g/mol. The third-order valence-corrected chi connectivity index (χ3v) is 3.27. The van der Waals surface area contributed by atoms with Gasteiger partial charge in [0.05, 0.1) is 11.3 Å². The lowest BCUT2D eigenvalue weighted by molar-refractivity contribution is 0.626. The van der Waals surface area contributed by atoms with E-state index in [4.69, 9.17) is 5.26 Å². The first-order valence-corrected chi connectivity index (χ1v) is 6.17. The van der Waals surface area contributed by atoms with Crippen molar-refractivity contribution in [3.8, 4) is 6.07 Å². The Hall–Kier alpha value is -1.86. The van der Waals surface area contributed by atoms with Gasteiger partial charge in [-0.3, -0.25) is 0 Å². The van der Waals surface area contributed by atoms with Gasteiger partial charge in [-0.05, 0) is 29.8 Å². The molecule has 2 nitrogen and oxygen atoms in total. The normalized spacial score (nSPS) is 9.83. The van der Waals surface area contributed by atoms with Crippen LogP contribution in [0.25, 0.3) is 0 Å². The largest absolute Gasteiger partial charge is 0.380 e. The molecule has 2 aromatic carbocycles. The molecule has 0 aliphatic heterocycles. The van der Waals surface area contributed by atoms with Crippen molar-refractivity contribution in [3.05, 3.63) is 63.9 Å². The van der Waals surface area contributed by atoms with Crippen molar-refractivity contribution < 1.29 is 4.39 Å². The number of hydrogen-bond acceptors (Lipinski definition) is 2. The number of nitrogens with one attached hydrogen (secondary N) is 1. The van der Waals surface area contributed by atoms with Gasteiger partial charge < -0.3 is 5.32 Å². The molecule has 4 heteroatoms. The van der Waals surface area contributed by atoms with Gasteiger partial charge in [-0.15, -0.1) is 0 Å². The summed E-state index contributed by atoms with van der Waals surface area (Å²) in [4.78, 5) is 0. The fourth-order valence-electron chi connectivity index (χ4n) is 1.59. The molecular weight excluding hydrogens is 295 g/mol. The highest BCUT2D eigenvalue weighted by atomic mass is 79.9. The molecule has 0 saturated heterocycles. The van der Waals surface area contributed by atoms with Gasteiger partial charge in [0, 0.05) is 11.0 Å². The second-order valence-corrected chi connectivity index (χ2v) is 4.60. The molecule has 0 aromatic heterocycles. The van der Waals surface area contributed by atoms with Gasteiger partial charge in [0.15, 0.2) is 0 Å². The van der Waals surface area contributed by atoms with Crippen LogP contribution in [0, 0.1) is 17.1 Å². The van der Waals surface area contributed by atoms with Crippen molar-refractivity contribution in [2.24, 2.45) is 0 Å². The molecule has 0 radical (unpaired) electrons. The lowest BCUT2D eigenvalue weighted by Gasteiger charge is -2.09. The van der Waals surface area contributed by atoms with Gasteiger partial charge in [0.25, 0.3) is 0 Å². The molecule has 0 spiro atoms.